The van der Waals surface area contributed by atoms with Crippen LogP contribution in [0.5, 0.6) is 0 Å². The van der Waals surface area contributed by atoms with Gasteiger partial charge in [-0.2, -0.15) is 0 Å². The van der Waals surface area contributed by atoms with E-state index in [0.717, 1.165) is 30.5 Å². The summed E-state index contributed by atoms with van der Waals surface area (Å²) >= 11 is 5.65. The molecule has 0 N–H and O–H groups in total. The average molecular weight is 251 g/mol. The van der Waals surface area contributed by atoms with Crippen molar-refractivity contribution in [3.63, 3.8) is 0 Å². The molecule has 0 atom stereocenters. The molecule has 88 valence electrons. The minimum atomic E-state index is -0.607. The molecule has 4 heteroatoms. The molecule has 0 radical (unpaired) electrons. The van der Waals surface area contributed by atoms with Crippen LogP contribution in [0.2, 0.25) is 0 Å². The van der Waals surface area contributed by atoms with Crippen molar-refractivity contribution >= 4 is 17.2 Å². The second kappa shape index (κ2) is 4.80. The Balaban J connectivity index is 2.44. The summed E-state index contributed by atoms with van der Waals surface area (Å²) in [7, 11) is 0. The van der Waals surface area contributed by atoms with Crippen LogP contribution >= 0.6 is 11.6 Å². The summed E-state index contributed by atoms with van der Waals surface area (Å²) in [6, 6.07) is 0. The van der Waals surface area contributed by atoms with E-state index in [9.17, 15) is 4.39 Å². The molecule has 1 heterocycles. The fourth-order valence-electron chi connectivity index (χ4n) is 1.86. The average Bonchev–Trinajstić information content (AvgIpc) is 2.72. The summed E-state index contributed by atoms with van der Waals surface area (Å²) in [5.41, 5.74) is 2.32. The van der Waals surface area contributed by atoms with Gasteiger partial charge in [0.1, 0.15) is 5.83 Å². The normalized spacial score (nSPS) is 14.6. The van der Waals surface area contributed by atoms with Gasteiger partial charge >= 0.3 is 0 Å². The zero-order valence-electron chi connectivity index (χ0n) is 9.34. The third-order valence-electron chi connectivity index (χ3n) is 2.65. The lowest BCUT2D eigenvalue weighted by Crippen LogP contribution is -1.99. The highest BCUT2D eigenvalue weighted by Gasteiger charge is 2.16. The van der Waals surface area contributed by atoms with E-state index in [1.54, 1.807) is 6.20 Å². The molecule has 2 nitrogen and oxygen atoms in total. The van der Waals surface area contributed by atoms with Crippen LogP contribution < -0.4 is 0 Å². The highest BCUT2D eigenvalue weighted by molar-refractivity contribution is 6.31. The second-order valence-electron chi connectivity index (χ2n) is 3.93. The van der Waals surface area contributed by atoms with E-state index in [0.29, 0.717) is 5.82 Å². The van der Waals surface area contributed by atoms with Gasteiger partial charge in [0.2, 0.25) is 0 Å². The van der Waals surface area contributed by atoms with Gasteiger partial charge in [0.05, 0.1) is 5.57 Å². The Morgan fingerprint density at radius 1 is 1.41 bits per heavy atom. The number of fused-ring (bicyclic) bond motifs is 1. The van der Waals surface area contributed by atoms with Gasteiger partial charge in [-0.15, -0.1) is 0 Å². The molecule has 0 spiro atoms. The fourth-order valence-corrected chi connectivity index (χ4v) is 1.97. The maximum absolute atomic E-state index is 13.3. The quantitative estimate of drug-likeness (QED) is 0.767. The molecule has 0 aromatic carbocycles. The molecule has 0 fully saturated rings. The molecule has 0 amide bonds. The number of hydrogen-bond donors (Lipinski definition) is 0. The molecule has 0 bridgehead atoms. The standard InChI is InChI=1S/C13H12ClFN2/c1-8(14)6-11(9(2)15)13-16-7-10-4-3-5-12(10)17-13/h6-7H,1-5H2/b11-6+. The van der Waals surface area contributed by atoms with Crippen molar-refractivity contribution in [1.82, 2.24) is 9.97 Å². The summed E-state index contributed by atoms with van der Waals surface area (Å²) in [5.74, 6) is -0.287. The number of halogens is 2. The van der Waals surface area contributed by atoms with Crippen molar-refractivity contribution < 1.29 is 4.39 Å². The molecular formula is C13H12ClFN2. The summed E-state index contributed by atoms with van der Waals surface area (Å²) in [6.07, 6.45) is 6.12. The Kier molecular flexibility index (Phi) is 3.38. The van der Waals surface area contributed by atoms with Gasteiger partial charge in [-0.3, -0.25) is 0 Å². The van der Waals surface area contributed by atoms with Crippen LogP contribution in [0.15, 0.2) is 36.3 Å². The lowest BCUT2D eigenvalue weighted by Gasteiger charge is -2.05. The smallest absolute Gasteiger partial charge is 0.162 e. The molecule has 1 aliphatic carbocycles. The van der Waals surface area contributed by atoms with Gasteiger partial charge in [-0.25, -0.2) is 14.4 Å². The van der Waals surface area contributed by atoms with Gasteiger partial charge in [-0.05, 0) is 30.9 Å². The Bertz CT molecular complexity index is 520. The van der Waals surface area contributed by atoms with E-state index in [-0.39, 0.29) is 10.6 Å². The van der Waals surface area contributed by atoms with Crippen LogP contribution in [0.1, 0.15) is 23.5 Å². The topological polar surface area (TPSA) is 25.8 Å². The zero-order chi connectivity index (χ0) is 12.4. The Morgan fingerprint density at radius 3 is 2.82 bits per heavy atom. The Hall–Kier alpha value is -1.48. The van der Waals surface area contributed by atoms with E-state index in [2.05, 4.69) is 23.1 Å². The lowest BCUT2D eigenvalue weighted by atomic mass is 10.2. The van der Waals surface area contributed by atoms with Crippen LogP contribution in [-0.4, -0.2) is 9.97 Å². The van der Waals surface area contributed by atoms with Gasteiger partial charge in [0, 0.05) is 16.9 Å². The van der Waals surface area contributed by atoms with Crippen molar-refractivity contribution in [2.45, 2.75) is 19.3 Å². The molecule has 0 saturated carbocycles. The van der Waals surface area contributed by atoms with Crippen LogP contribution in [-0.2, 0) is 12.8 Å². The largest absolute Gasteiger partial charge is 0.236 e. The summed E-state index contributed by atoms with van der Waals surface area (Å²) in [4.78, 5) is 8.49. The predicted octanol–water partition coefficient (Wildman–Crippen LogP) is 3.58. The molecule has 2 rings (SSSR count). The third kappa shape index (κ3) is 2.61. The number of aryl methyl sites for hydroxylation is 2. The summed E-state index contributed by atoms with van der Waals surface area (Å²) < 4.78 is 13.3. The monoisotopic (exact) mass is 250 g/mol. The van der Waals surface area contributed by atoms with Crippen LogP contribution in [0.4, 0.5) is 4.39 Å². The highest BCUT2D eigenvalue weighted by atomic mass is 35.5. The zero-order valence-corrected chi connectivity index (χ0v) is 10.1. The Morgan fingerprint density at radius 2 is 2.18 bits per heavy atom. The first-order valence-corrected chi connectivity index (χ1v) is 5.72. The number of allylic oxidation sites excluding steroid dienone is 4. The molecular weight excluding hydrogens is 239 g/mol. The number of nitrogens with zero attached hydrogens (tertiary/aromatic N) is 2. The van der Waals surface area contributed by atoms with E-state index in [1.807, 2.05) is 0 Å². The van der Waals surface area contributed by atoms with Gasteiger partial charge in [-0.1, -0.05) is 24.8 Å². The molecule has 1 aromatic rings. The first kappa shape index (κ1) is 12.0. The van der Waals surface area contributed by atoms with Crippen LogP contribution in [0, 0.1) is 0 Å². The first-order chi connectivity index (χ1) is 8.08. The first-order valence-electron chi connectivity index (χ1n) is 5.34. The lowest BCUT2D eigenvalue weighted by molar-refractivity contribution is 0.675. The minimum Gasteiger partial charge on any atom is -0.236 e. The number of aromatic nitrogens is 2. The Labute approximate surface area is 105 Å². The van der Waals surface area contributed by atoms with Crippen molar-refractivity contribution in [2.75, 3.05) is 0 Å². The second-order valence-corrected chi connectivity index (χ2v) is 4.41. The molecule has 17 heavy (non-hydrogen) atoms. The predicted molar refractivity (Wildman–Crippen MR) is 67.3 cm³/mol. The van der Waals surface area contributed by atoms with Gasteiger partial charge < -0.3 is 0 Å². The van der Waals surface area contributed by atoms with Crippen LogP contribution in [0.25, 0.3) is 5.57 Å². The fraction of sp³-hybridized carbons (Fsp3) is 0.231. The molecule has 1 aromatic heterocycles. The van der Waals surface area contributed by atoms with E-state index >= 15 is 0 Å². The highest BCUT2D eigenvalue weighted by Crippen LogP contribution is 2.25. The molecule has 0 unspecified atom stereocenters. The summed E-state index contributed by atoms with van der Waals surface area (Å²) in [5, 5.41) is 0.225. The molecule has 1 aliphatic rings. The van der Waals surface area contributed by atoms with Crippen molar-refractivity contribution in [3.05, 3.63) is 53.4 Å². The van der Waals surface area contributed by atoms with E-state index in [4.69, 9.17) is 11.6 Å². The van der Waals surface area contributed by atoms with Crippen LogP contribution in [0.3, 0.4) is 0 Å². The molecule has 0 aliphatic heterocycles. The third-order valence-corrected chi connectivity index (χ3v) is 2.76. The maximum Gasteiger partial charge on any atom is 0.162 e. The SMILES string of the molecule is C=C(Cl)/C=C(\C(=C)F)c1ncc2c(n1)CCC2. The maximum atomic E-state index is 13.3. The van der Waals surface area contributed by atoms with E-state index < -0.39 is 5.83 Å². The number of rotatable bonds is 3. The number of hydrogen-bond acceptors (Lipinski definition) is 2. The van der Waals surface area contributed by atoms with Crippen molar-refractivity contribution in [1.29, 1.82) is 0 Å². The van der Waals surface area contributed by atoms with Crippen molar-refractivity contribution in [3.8, 4) is 0 Å². The van der Waals surface area contributed by atoms with Gasteiger partial charge in [0.15, 0.2) is 5.82 Å². The molecule has 0 saturated heterocycles. The summed E-state index contributed by atoms with van der Waals surface area (Å²) in [6.45, 7) is 6.76. The minimum absolute atomic E-state index is 0.194. The van der Waals surface area contributed by atoms with E-state index in [1.165, 1.54) is 6.08 Å². The van der Waals surface area contributed by atoms with Gasteiger partial charge in [0.25, 0.3) is 0 Å². The van der Waals surface area contributed by atoms with Crippen molar-refractivity contribution in [2.24, 2.45) is 0 Å².